The summed E-state index contributed by atoms with van der Waals surface area (Å²) >= 11 is 1.23. The van der Waals surface area contributed by atoms with Crippen molar-refractivity contribution < 1.29 is 9.21 Å². The van der Waals surface area contributed by atoms with Gasteiger partial charge < -0.3 is 15.5 Å². The molecule has 0 fully saturated rings. The maximum atomic E-state index is 11.9. The topological polar surface area (TPSA) is 94.0 Å². The third kappa shape index (κ3) is 2.92. The lowest BCUT2D eigenvalue weighted by atomic mass is 10.1. The normalized spacial score (nSPS) is 10.5. The highest BCUT2D eigenvalue weighted by atomic mass is 32.1. The Morgan fingerprint density at radius 1 is 1.29 bits per heavy atom. The van der Waals surface area contributed by atoms with E-state index in [1.807, 2.05) is 12.1 Å². The van der Waals surface area contributed by atoms with Crippen molar-refractivity contribution in [1.29, 1.82) is 0 Å². The van der Waals surface area contributed by atoms with E-state index in [0.717, 1.165) is 11.3 Å². The highest BCUT2D eigenvalue weighted by Crippen LogP contribution is 2.21. The van der Waals surface area contributed by atoms with E-state index >= 15 is 0 Å². The molecule has 1 amide bonds. The van der Waals surface area contributed by atoms with Gasteiger partial charge in [-0.3, -0.25) is 4.79 Å². The van der Waals surface area contributed by atoms with Crippen LogP contribution in [-0.2, 0) is 0 Å². The van der Waals surface area contributed by atoms with Crippen molar-refractivity contribution >= 4 is 28.1 Å². The van der Waals surface area contributed by atoms with Gasteiger partial charge in [-0.05, 0) is 12.1 Å². The maximum absolute atomic E-state index is 11.9. The first kappa shape index (κ1) is 13.3. The number of amides is 1. The number of nitrogen functional groups attached to an aromatic ring is 1. The van der Waals surface area contributed by atoms with Crippen LogP contribution >= 0.6 is 11.3 Å². The Hall–Kier alpha value is -2.67. The number of rotatable bonds is 3. The molecule has 0 aliphatic heterocycles. The smallest absolute Gasteiger partial charge is 0.275 e. The maximum Gasteiger partial charge on any atom is 0.275 e. The number of nitrogens with two attached hydrogens (primary N) is 1. The fourth-order valence-corrected chi connectivity index (χ4v) is 2.35. The summed E-state index contributed by atoms with van der Waals surface area (Å²) in [5.41, 5.74) is 8.18. The van der Waals surface area contributed by atoms with Crippen LogP contribution in [-0.4, -0.2) is 15.9 Å². The monoisotopic (exact) mass is 300 g/mol. The van der Waals surface area contributed by atoms with Crippen LogP contribution in [0.4, 0.5) is 10.8 Å². The van der Waals surface area contributed by atoms with Gasteiger partial charge in [0.1, 0.15) is 17.7 Å². The quantitative estimate of drug-likeness (QED) is 0.775. The highest BCUT2D eigenvalue weighted by molar-refractivity contribution is 7.13. The number of hydrogen-bond acceptors (Lipinski definition) is 6. The second-order valence-corrected chi connectivity index (χ2v) is 5.24. The average Bonchev–Trinajstić information content (AvgIpc) is 3.08. The second kappa shape index (κ2) is 5.37. The summed E-state index contributed by atoms with van der Waals surface area (Å²) in [4.78, 5) is 20.1. The Morgan fingerprint density at radius 2 is 2.05 bits per heavy atom. The molecule has 0 bridgehead atoms. The van der Waals surface area contributed by atoms with Gasteiger partial charge in [-0.1, -0.05) is 12.1 Å². The molecule has 0 aliphatic carbocycles. The Morgan fingerprint density at radius 3 is 2.62 bits per heavy atom. The zero-order valence-corrected chi connectivity index (χ0v) is 12.0. The van der Waals surface area contributed by atoms with E-state index in [1.165, 1.54) is 11.3 Å². The SMILES string of the molecule is Cc1nc(-c2ccc(NC(=O)c3csc(N)n3)cc2)co1. The first-order valence-corrected chi connectivity index (χ1v) is 7.05. The third-order valence-corrected chi connectivity index (χ3v) is 3.49. The number of anilines is 2. The van der Waals surface area contributed by atoms with E-state index in [0.29, 0.717) is 22.4 Å². The molecular weight excluding hydrogens is 288 g/mol. The first-order chi connectivity index (χ1) is 10.1. The van der Waals surface area contributed by atoms with Crippen molar-refractivity contribution in [2.45, 2.75) is 6.92 Å². The van der Waals surface area contributed by atoms with Crippen LogP contribution < -0.4 is 11.1 Å². The summed E-state index contributed by atoms with van der Waals surface area (Å²) in [6, 6.07) is 7.32. The Balaban J connectivity index is 1.74. The van der Waals surface area contributed by atoms with Gasteiger partial charge in [0.15, 0.2) is 11.0 Å². The molecule has 0 saturated carbocycles. The predicted molar refractivity (Wildman–Crippen MR) is 81.2 cm³/mol. The van der Waals surface area contributed by atoms with Crippen molar-refractivity contribution in [3.8, 4) is 11.3 Å². The number of nitrogens with one attached hydrogen (secondary N) is 1. The summed E-state index contributed by atoms with van der Waals surface area (Å²) in [7, 11) is 0. The van der Waals surface area contributed by atoms with Gasteiger partial charge in [0, 0.05) is 23.6 Å². The highest BCUT2D eigenvalue weighted by Gasteiger charge is 2.10. The van der Waals surface area contributed by atoms with Crippen molar-refractivity contribution in [1.82, 2.24) is 9.97 Å². The molecule has 106 valence electrons. The molecule has 7 heteroatoms. The van der Waals surface area contributed by atoms with Crippen LogP contribution in [0.2, 0.25) is 0 Å². The van der Waals surface area contributed by atoms with E-state index < -0.39 is 0 Å². The van der Waals surface area contributed by atoms with E-state index in [2.05, 4.69) is 15.3 Å². The van der Waals surface area contributed by atoms with Crippen molar-refractivity contribution in [3.05, 3.63) is 47.5 Å². The van der Waals surface area contributed by atoms with Crippen LogP contribution in [0.5, 0.6) is 0 Å². The molecule has 0 unspecified atom stereocenters. The lowest BCUT2D eigenvalue weighted by Gasteiger charge is -2.03. The molecule has 0 spiro atoms. The number of aromatic nitrogens is 2. The summed E-state index contributed by atoms with van der Waals surface area (Å²) in [6.45, 7) is 1.79. The molecule has 3 rings (SSSR count). The van der Waals surface area contributed by atoms with Gasteiger partial charge in [-0.25, -0.2) is 9.97 Å². The molecule has 3 aromatic rings. The van der Waals surface area contributed by atoms with Gasteiger partial charge in [0.2, 0.25) is 0 Å². The van der Waals surface area contributed by atoms with Crippen molar-refractivity contribution in [3.63, 3.8) is 0 Å². The van der Waals surface area contributed by atoms with Gasteiger partial charge >= 0.3 is 0 Å². The summed E-state index contributed by atoms with van der Waals surface area (Å²) in [5.74, 6) is 0.330. The molecule has 1 aromatic carbocycles. The zero-order valence-electron chi connectivity index (χ0n) is 11.2. The second-order valence-electron chi connectivity index (χ2n) is 4.35. The molecule has 21 heavy (non-hydrogen) atoms. The van der Waals surface area contributed by atoms with Crippen LogP contribution in [0.3, 0.4) is 0 Å². The minimum Gasteiger partial charge on any atom is -0.449 e. The van der Waals surface area contributed by atoms with Gasteiger partial charge in [-0.15, -0.1) is 11.3 Å². The van der Waals surface area contributed by atoms with Crippen LogP contribution in [0.1, 0.15) is 16.4 Å². The number of aryl methyl sites for hydroxylation is 1. The Bertz CT molecular complexity index is 776. The van der Waals surface area contributed by atoms with Crippen molar-refractivity contribution in [2.24, 2.45) is 0 Å². The van der Waals surface area contributed by atoms with Crippen LogP contribution in [0.25, 0.3) is 11.3 Å². The number of carbonyl (C=O) groups is 1. The first-order valence-electron chi connectivity index (χ1n) is 6.17. The molecule has 2 heterocycles. The fourth-order valence-electron chi connectivity index (χ4n) is 1.81. The molecular formula is C14H12N4O2S. The minimum absolute atomic E-state index is 0.284. The fraction of sp³-hybridized carbons (Fsp3) is 0.0714. The number of oxazole rings is 1. The van der Waals surface area contributed by atoms with E-state index in [4.69, 9.17) is 10.2 Å². The summed E-state index contributed by atoms with van der Waals surface area (Å²) < 4.78 is 5.17. The van der Waals surface area contributed by atoms with Gasteiger partial charge in [0.25, 0.3) is 5.91 Å². The van der Waals surface area contributed by atoms with Gasteiger partial charge in [0.05, 0.1) is 0 Å². The van der Waals surface area contributed by atoms with E-state index in [9.17, 15) is 4.79 Å². The molecule has 3 N–H and O–H groups in total. The molecule has 0 atom stereocenters. The molecule has 2 aromatic heterocycles. The van der Waals surface area contributed by atoms with E-state index in [1.54, 1.807) is 30.7 Å². The summed E-state index contributed by atoms with van der Waals surface area (Å²) in [5, 5.41) is 4.76. The van der Waals surface area contributed by atoms with E-state index in [-0.39, 0.29) is 5.91 Å². The molecule has 0 radical (unpaired) electrons. The summed E-state index contributed by atoms with van der Waals surface area (Å²) in [6.07, 6.45) is 1.60. The number of thiazole rings is 1. The number of hydrogen-bond donors (Lipinski definition) is 2. The third-order valence-electron chi connectivity index (χ3n) is 2.81. The van der Waals surface area contributed by atoms with Crippen LogP contribution in [0.15, 0.2) is 40.3 Å². The van der Waals surface area contributed by atoms with Crippen molar-refractivity contribution in [2.75, 3.05) is 11.1 Å². The van der Waals surface area contributed by atoms with Crippen LogP contribution in [0, 0.1) is 6.92 Å². The zero-order chi connectivity index (χ0) is 14.8. The average molecular weight is 300 g/mol. The minimum atomic E-state index is -0.284. The number of benzene rings is 1. The lowest BCUT2D eigenvalue weighted by Crippen LogP contribution is -2.12. The predicted octanol–water partition coefficient (Wildman–Crippen LogP) is 2.94. The molecule has 6 nitrogen and oxygen atoms in total. The lowest BCUT2D eigenvalue weighted by molar-refractivity contribution is 0.102. The largest absolute Gasteiger partial charge is 0.449 e. The Kier molecular flexibility index (Phi) is 3.41. The number of nitrogens with zero attached hydrogens (tertiary/aromatic N) is 2. The van der Waals surface area contributed by atoms with Gasteiger partial charge in [-0.2, -0.15) is 0 Å². The molecule has 0 saturated heterocycles. The molecule has 0 aliphatic rings. The Labute approximate surface area is 124 Å². The number of carbonyl (C=O) groups excluding carboxylic acids is 1. The standard InChI is InChI=1S/C14H12N4O2S/c1-8-16-11(6-20-8)9-2-4-10(5-3-9)17-13(19)12-7-21-14(15)18-12/h2-7H,1H3,(H2,15,18)(H,17,19).